The maximum Gasteiger partial charge on any atom is 0.242 e. The van der Waals surface area contributed by atoms with Crippen LogP contribution in [0.25, 0.3) is 0 Å². The predicted molar refractivity (Wildman–Crippen MR) is 95.0 cm³/mol. The van der Waals surface area contributed by atoms with Gasteiger partial charge >= 0.3 is 0 Å². The molecular formula is C16H15BrFN3OS. The van der Waals surface area contributed by atoms with Crippen molar-refractivity contribution >= 4 is 39.2 Å². The van der Waals surface area contributed by atoms with E-state index in [1.165, 1.54) is 12.1 Å². The highest BCUT2D eigenvalue weighted by Gasteiger charge is 2.04. The number of halogens is 2. The van der Waals surface area contributed by atoms with E-state index in [1.807, 2.05) is 24.3 Å². The third-order valence-corrected chi connectivity index (χ3v) is 3.73. The Morgan fingerprint density at radius 3 is 2.26 bits per heavy atom. The summed E-state index contributed by atoms with van der Waals surface area (Å²) < 4.78 is 13.8. The lowest BCUT2D eigenvalue weighted by Crippen LogP contribution is -2.47. The van der Waals surface area contributed by atoms with Crippen LogP contribution in [-0.4, -0.2) is 11.0 Å². The van der Waals surface area contributed by atoms with Gasteiger partial charge in [-0.3, -0.25) is 15.6 Å². The lowest BCUT2D eigenvalue weighted by Gasteiger charge is -2.11. The van der Waals surface area contributed by atoms with Gasteiger partial charge in [-0.15, -0.1) is 0 Å². The van der Waals surface area contributed by atoms with E-state index in [9.17, 15) is 9.18 Å². The minimum Gasteiger partial charge on any atom is -0.357 e. The summed E-state index contributed by atoms with van der Waals surface area (Å²) in [5, 5.41) is 3.21. The molecule has 23 heavy (non-hydrogen) atoms. The third kappa shape index (κ3) is 6.33. The van der Waals surface area contributed by atoms with Crippen LogP contribution in [0.15, 0.2) is 53.0 Å². The van der Waals surface area contributed by atoms with Crippen LogP contribution >= 0.6 is 28.1 Å². The number of hydrogen-bond acceptors (Lipinski definition) is 2. The zero-order chi connectivity index (χ0) is 16.7. The van der Waals surface area contributed by atoms with Gasteiger partial charge in [0.1, 0.15) is 5.82 Å². The van der Waals surface area contributed by atoms with E-state index in [0.29, 0.717) is 11.7 Å². The van der Waals surface area contributed by atoms with Gasteiger partial charge in [-0.05, 0) is 47.6 Å². The van der Waals surface area contributed by atoms with Gasteiger partial charge < -0.3 is 5.32 Å². The molecule has 0 unspecified atom stereocenters. The molecule has 0 spiro atoms. The average Bonchev–Trinajstić information content (AvgIpc) is 2.54. The molecule has 0 saturated carbocycles. The van der Waals surface area contributed by atoms with Crippen LogP contribution in [-0.2, 0) is 17.8 Å². The molecule has 2 aromatic rings. The van der Waals surface area contributed by atoms with Crippen LogP contribution in [0, 0.1) is 5.82 Å². The molecule has 2 rings (SSSR count). The summed E-state index contributed by atoms with van der Waals surface area (Å²) in [5.74, 6) is -0.479. The topological polar surface area (TPSA) is 53.2 Å². The highest BCUT2D eigenvalue weighted by Crippen LogP contribution is 2.10. The number of carbonyl (C=O) groups excluding carboxylic acids is 1. The first kappa shape index (κ1) is 17.4. The second kappa shape index (κ2) is 8.59. The summed E-state index contributed by atoms with van der Waals surface area (Å²) in [4.78, 5) is 11.8. The number of hydrogen-bond donors (Lipinski definition) is 3. The molecule has 0 heterocycles. The van der Waals surface area contributed by atoms with E-state index < -0.39 is 0 Å². The molecule has 0 aliphatic carbocycles. The van der Waals surface area contributed by atoms with Gasteiger partial charge in [-0.1, -0.05) is 40.2 Å². The van der Waals surface area contributed by atoms with E-state index in [-0.39, 0.29) is 18.1 Å². The number of thiocarbonyl (C=S) groups is 1. The lowest BCUT2D eigenvalue weighted by molar-refractivity contribution is -0.121. The van der Waals surface area contributed by atoms with Gasteiger partial charge in [0.25, 0.3) is 0 Å². The van der Waals surface area contributed by atoms with Gasteiger partial charge in [0.05, 0.1) is 6.42 Å². The molecule has 0 atom stereocenters. The first-order valence-corrected chi connectivity index (χ1v) is 8.04. The Hall–Kier alpha value is -1.99. The molecule has 0 saturated heterocycles. The zero-order valence-electron chi connectivity index (χ0n) is 12.1. The monoisotopic (exact) mass is 395 g/mol. The van der Waals surface area contributed by atoms with Crippen LogP contribution in [0.3, 0.4) is 0 Å². The summed E-state index contributed by atoms with van der Waals surface area (Å²) in [6.45, 7) is 0.439. The van der Waals surface area contributed by atoms with Crippen molar-refractivity contribution in [2.45, 2.75) is 13.0 Å². The van der Waals surface area contributed by atoms with Crippen molar-refractivity contribution < 1.29 is 9.18 Å². The molecule has 120 valence electrons. The molecule has 0 fully saturated rings. The second-order valence-electron chi connectivity index (χ2n) is 4.79. The van der Waals surface area contributed by atoms with Crippen LogP contribution < -0.4 is 16.2 Å². The fourth-order valence-corrected chi connectivity index (χ4v) is 2.17. The minimum absolute atomic E-state index is 0.196. The normalized spacial score (nSPS) is 10.0. The number of nitrogens with one attached hydrogen (secondary N) is 3. The highest BCUT2D eigenvalue weighted by molar-refractivity contribution is 9.10. The van der Waals surface area contributed by atoms with Crippen molar-refractivity contribution in [2.75, 3.05) is 0 Å². The highest BCUT2D eigenvalue weighted by atomic mass is 79.9. The molecule has 0 radical (unpaired) electrons. The summed E-state index contributed by atoms with van der Waals surface area (Å²) in [5.41, 5.74) is 6.95. The van der Waals surface area contributed by atoms with Crippen molar-refractivity contribution in [1.29, 1.82) is 0 Å². The first-order chi connectivity index (χ1) is 11.0. The third-order valence-electron chi connectivity index (χ3n) is 2.96. The molecule has 2 aromatic carbocycles. The van der Waals surface area contributed by atoms with E-state index in [4.69, 9.17) is 12.2 Å². The van der Waals surface area contributed by atoms with Gasteiger partial charge in [0.2, 0.25) is 5.91 Å². The summed E-state index contributed by atoms with van der Waals surface area (Å²) >= 11 is 8.40. The predicted octanol–water partition coefficient (Wildman–Crippen LogP) is 2.83. The maximum absolute atomic E-state index is 12.8. The summed E-state index contributed by atoms with van der Waals surface area (Å²) in [6, 6.07) is 13.6. The standard InChI is InChI=1S/C16H15BrFN3OS/c17-13-5-1-11(2-6-13)9-15(22)20-21-16(23)19-10-12-3-7-14(18)8-4-12/h1-8H,9-10H2,(H,20,22)(H2,19,21,23). The molecule has 4 nitrogen and oxygen atoms in total. The van der Waals surface area contributed by atoms with E-state index >= 15 is 0 Å². The molecule has 0 aliphatic rings. The molecule has 0 aliphatic heterocycles. The summed E-state index contributed by atoms with van der Waals surface area (Å²) in [6.07, 6.45) is 0.251. The number of rotatable bonds is 4. The Morgan fingerprint density at radius 1 is 1.00 bits per heavy atom. The molecule has 0 aromatic heterocycles. The molecular weight excluding hydrogens is 381 g/mol. The Bertz CT molecular complexity index is 677. The smallest absolute Gasteiger partial charge is 0.242 e. The van der Waals surface area contributed by atoms with Crippen LogP contribution in [0.1, 0.15) is 11.1 Å². The van der Waals surface area contributed by atoms with Crippen LogP contribution in [0.2, 0.25) is 0 Å². The molecule has 3 N–H and O–H groups in total. The Balaban J connectivity index is 1.70. The number of amides is 1. The lowest BCUT2D eigenvalue weighted by atomic mass is 10.1. The fraction of sp³-hybridized carbons (Fsp3) is 0.125. The fourth-order valence-electron chi connectivity index (χ4n) is 1.79. The van der Waals surface area contributed by atoms with E-state index in [1.54, 1.807) is 12.1 Å². The van der Waals surface area contributed by atoms with Crippen molar-refractivity contribution in [3.63, 3.8) is 0 Å². The molecule has 0 bridgehead atoms. The minimum atomic E-state index is -0.283. The van der Waals surface area contributed by atoms with Gasteiger partial charge in [-0.2, -0.15) is 0 Å². The molecule has 7 heteroatoms. The van der Waals surface area contributed by atoms with E-state index in [0.717, 1.165) is 15.6 Å². The first-order valence-electron chi connectivity index (χ1n) is 6.84. The van der Waals surface area contributed by atoms with Crippen molar-refractivity contribution in [2.24, 2.45) is 0 Å². The SMILES string of the molecule is O=C(Cc1ccc(Br)cc1)NNC(=S)NCc1ccc(F)cc1. The quantitative estimate of drug-likeness (QED) is 0.550. The van der Waals surface area contributed by atoms with Gasteiger partial charge in [0, 0.05) is 11.0 Å². The molecule has 1 amide bonds. The number of benzene rings is 2. The van der Waals surface area contributed by atoms with Crippen molar-refractivity contribution in [3.05, 3.63) is 69.9 Å². The largest absolute Gasteiger partial charge is 0.357 e. The Labute approximate surface area is 147 Å². The average molecular weight is 396 g/mol. The number of carbonyl (C=O) groups is 1. The van der Waals surface area contributed by atoms with E-state index in [2.05, 4.69) is 32.1 Å². The Morgan fingerprint density at radius 2 is 1.61 bits per heavy atom. The zero-order valence-corrected chi connectivity index (χ0v) is 14.5. The van der Waals surface area contributed by atoms with Crippen LogP contribution in [0.4, 0.5) is 4.39 Å². The second-order valence-corrected chi connectivity index (χ2v) is 6.11. The maximum atomic E-state index is 12.8. The Kier molecular flexibility index (Phi) is 6.49. The van der Waals surface area contributed by atoms with Crippen molar-refractivity contribution in [1.82, 2.24) is 16.2 Å². The van der Waals surface area contributed by atoms with Gasteiger partial charge in [0.15, 0.2) is 5.11 Å². The van der Waals surface area contributed by atoms with Crippen molar-refractivity contribution in [3.8, 4) is 0 Å². The van der Waals surface area contributed by atoms with Crippen LogP contribution in [0.5, 0.6) is 0 Å². The van der Waals surface area contributed by atoms with Gasteiger partial charge in [-0.25, -0.2) is 4.39 Å². The number of hydrazine groups is 1. The summed E-state index contributed by atoms with van der Waals surface area (Å²) in [7, 11) is 0.